The van der Waals surface area contributed by atoms with Gasteiger partial charge in [0.1, 0.15) is 59.4 Å². The van der Waals surface area contributed by atoms with Crippen molar-refractivity contribution in [3.05, 3.63) is 58.1 Å². The highest BCUT2D eigenvalue weighted by Crippen LogP contribution is 2.42. The molecule has 0 radical (unpaired) electrons. The molecule has 10 N–H and O–H groups in total. The number of benzene rings is 2. The molecule has 0 aliphatic carbocycles. The van der Waals surface area contributed by atoms with Gasteiger partial charge in [0.2, 0.25) is 35.5 Å². The maximum absolute atomic E-state index is 14.3. The molecule has 0 aromatic heterocycles. The molecular formula is C57H86N10O16S2. The number of alkyl carbamates (subject to hydrolysis) is 2. The molecule has 472 valence electrons. The Bertz CT molecular complexity index is 2910. The van der Waals surface area contributed by atoms with Gasteiger partial charge in [0.15, 0.2) is 6.04 Å². The van der Waals surface area contributed by atoms with Gasteiger partial charge in [-0.25, -0.2) is 32.3 Å². The van der Waals surface area contributed by atoms with E-state index in [1.165, 1.54) is 23.6 Å². The average molecular weight is 1230 g/mol. The molecule has 0 bridgehead atoms. The number of fused-ring (bicyclic) bond motifs is 1. The van der Waals surface area contributed by atoms with Crippen molar-refractivity contribution in [3.8, 4) is 5.75 Å². The Kier molecular flexibility index (Phi) is 25.3. The number of ether oxygens (including phenoxy) is 4. The van der Waals surface area contributed by atoms with E-state index in [1.54, 1.807) is 92.6 Å². The molecule has 0 spiro atoms. The van der Waals surface area contributed by atoms with Crippen LogP contribution in [0, 0.1) is 20.8 Å². The normalized spacial score (nSPS) is 16.7. The minimum absolute atomic E-state index is 0.00660. The lowest BCUT2D eigenvalue weighted by molar-refractivity contribution is -0.151. The summed E-state index contributed by atoms with van der Waals surface area (Å²) >= 11 is 1.44. The third-order valence-corrected chi connectivity index (χ3v) is 15.9. The van der Waals surface area contributed by atoms with Gasteiger partial charge >= 0.3 is 24.1 Å². The van der Waals surface area contributed by atoms with Crippen LogP contribution in [0.15, 0.2) is 40.2 Å². The number of sulfonamides is 1. The van der Waals surface area contributed by atoms with Crippen molar-refractivity contribution in [1.29, 1.82) is 0 Å². The van der Waals surface area contributed by atoms with Crippen molar-refractivity contribution < 1.29 is 75.6 Å². The monoisotopic (exact) mass is 1230 g/mol. The fourth-order valence-electron chi connectivity index (χ4n) is 9.36. The quantitative estimate of drug-likeness (QED) is 0.0215. The van der Waals surface area contributed by atoms with E-state index in [-0.39, 0.29) is 50.1 Å². The second kappa shape index (κ2) is 30.6. The van der Waals surface area contributed by atoms with Crippen LogP contribution in [0.4, 0.5) is 9.59 Å². The Morgan fingerprint density at radius 1 is 0.835 bits per heavy atom. The SMILES string of the molecule is CSCC[C@H](NC(=O)OC(C)(C)C)C(=O)N[C@@H](C)C(=O)N1CCC[C@H]1C(=O)N[C@@H](CCCN=C(N)NS(=O)(=O)c1c(C)c(C)c2c(c1C)CCC(C)(C)O2)C(=O)NCC(=O)N[C@@H](Cc1ccccc1)C(=O)OC[C@H](NC(=O)OC(C)(C)C)C(=O)O. The number of hydrogen-bond donors (Lipinski definition) is 9. The number of nitrogens with zero attached hydrogens (tertiary/aromatic N) is 2. The number of rotatable bonds is 26. The van der Waals surface area contributed by atoms with Gasteiger partial charge in [0.05, 0.1) is 11.4 Å². The Balaban J connectivity index is 1.54. The van der Waals surface area contributed by atoms with E-state index in [0.717, 1.165) is 5.56 Å². The molecule has 26 nitrogen and oxygen atoms in total. The van der Waals surface area contributed by atoms with Gasteiger partial charge in [0, 0.05) is 19.5 Å². The molecule has 0 unspecified atom stereocenters. The fourth-order valence-corrected chi connectivity index (χ4v) is 11.4. The number of nitrogens with two attached hydrogens (primary N) is 1. The average Bonchev–Trinajstić information content (AvgIpc) is 1.49. The number of carbonyl (C=O) groups excluding carboxylic acids is 8. The van der Waals surface area contributed by atoms with E-state index in [9.17, 15) is 56.7 Å². The van der Waals surface area contributed by atoms with E-state index in [2.05, 4.69) is 41.6 Å². The first-order valence-corrected chi connectivity index (χ1v) is 30.9. The predicted molar refractivity (Wildman–Crippen MR) is 317 cm³/mol. The highest BCUT2D eigenvalue weighted by atomic mass is 32.2. The van der Waals surface area contributed by atoms with Gasteiger partial charge in [-0.1, -0.05) is 30.3 Å². The zero-order valence-corrected chi connectivity index (χ0v) is 52.5. The summed E-state index contributed by atoms with van der Waals surface area (Å²) in [6.45, 7) is 18.6. The first-order chi connectivity index (χ1) is 39.5. The lowest BCUT2D eigenvalue weighted by Crippen LogP contribution is -2.57. The molecule has 2 aromatic rings. The van der Waals surface area contributed by atoms with Gasteiger partial charge in [-0.05, 0) is 168 Å². The van der Waals surface area contributed by atoms with Crippen molar-refractivity contribution in [1.82, 2.24) is 41.5 Å². The van der Waals surface area contributed by atoms with Crippen LogP contribution in [0.25, 0.3) is 0 Å². The minimum Gasteiger partial charge on any atom is -0.487 e. The van der Waals surface area contributed by atoms with Crippen LogP contribution in [0.3, 0.4) is 0 Å². The van der Waals surface area contributed by atoms with Crippen LogP contribution in [0.2, 0.25) is 0 Å². The molecule has 0 saturated carbocycles. The summed E-state index contributed by atoms with van der Waals surface area (Å²) in [6.07, 6.45) is 1.65. The van der Waals surface area contributed by atoms with Gasteiger partial charge in [-0.15, -0.1) is 0 Å². The van der Waals surface area contributed by atoms with Crippen LogP contribution in [-0.2, 0) is 70.6 Å². The summed E-state index contributed by atoms with van der Waals surface area (Å²) in [4.78, 5) is 126. The zero-order valence-electron chi connectivity index (χ0n) is 50.9. The minimum atomic E-state index is -4.28. The van der Waals surface area contributed by atoms with Gasteiger partial charge in [0.25, 0.3) is 10.0 Å². The standard InChI is InChI=1S/C57H86N10O16S2/c1-32-33(2)45(34(3)37-23-25-57(11,12)81-44(32)37)85(78,79)66-52(58)59-26-17-21-38(63-48(71)42-22-18-27-67(42)49(72)35(4)61-47(70)39(24-28-84-13)64-53(76)82-55(5,6)7)46(69)60-30-43(68)62-40(29-36-19-15-14-16-20-36)51(75)80-31-41(50(73)74)65-54(77)83-56(8,9)10/h14-16,19-20,35,38-42H,17-18,21-31H2,1-13H3,(H,60,69)(H,61,70)(H,62,68)(H,63,71)(H,64,76)(H,65,77)(H,73,74)(H3,58,59,66)/t35-,38-,39-,40-,41-,42-/m0/s1. The highest BCUT2D eigenvalue weighted by molar-refractivity contribution is 7.98. The summed E-state index contributed by atoms with van der Waals surface area (Å²) < 4.78 is 52.3. The Morgan fingerprint density at radius 2 is 1.45 bits per heavy atom. The summed E-state index contributed by atoms with van der Waals surface area (Å²) in [6, 6.07) is 0.493. The van der Waals surface area contributed by atoms with Crippen molar-refractivity contribution in [2.24, 2.45) is 10.7 Å². The molecule has 85 heavy (non-hydrogen) atoms. The summed E-state index contributed by atoms with van der Waals surface area (Å²) in [5.41, 5.74) is 6.93. The number of amides is 7. The van der Waals surface area contributed by atoms with Crippen molar-refractivity contribution in [2.45, 2.75) is 192 Å². The van der Waals surface area contributed by atoms with Crippen LogP contribution in [-0.4, -0.2) is 169 Å². The van der Waals surface area contributed by atoms with E-state index < -0.39 is 136 Å². The van der Waals surface area contributed by atoms with Crippen molar-refractivity contribution >= 4 is 81.4 Å². The highest BCUT2D eigenvalue weighted by Gasteiger charge is 2.39. The maximum atomic E-state index is 14.3. The Labute approximate surface area is 501 Å². The number of thioether (sulfide) groups is 1. The number of likely N-dealkylation sites (tertiary alicyclic amines) is 1. The predicted octanol–water partition coefficient (Wildman–Crippen LogP) is 3.08. The third kappa shape index (κ3) is 21.9. The van der Waals surface area contributed by atoms with Crippen LogP contribution in [0.1, 0.15) is 129 Å². The first kappa shape index (κ1) is 70.1. The van der Waals surface area contributed by atoms with Crippen LogP contribution in [0.5, 0.6) is 5.75 Å². The number of hydrogen-bond acceptors (Lipinski definition) is 17. The zero-order chi connectivity index (χ0) is 63.8. The second-order valence-electron chi connectivity index (χ2n) is 23.5. The van der Waals surface area contributed by atoms with E-state index in [0.29, 0.717) is 53.0 Å². The molecule has 2 aliphatic heterocycles. The Morgan fingerprint density at radius 3 is 2.05 bits per heavy atom. The lowest BCUT2D eigenvalue weighted by Gasteiger charge is -2.35. The van der Waals surface area contributed by atoms with E-state index in [1.807, 2.05) is 20.1 Å². The second-order valence-corrected chi connectivity index (χ2v) is 26.1. The molecule has 28 heteroatoms. The topological polar surface area (TPSA) is 371 Å². The summed E-state index contributed by atoms with van der Waals surface area (Å²) in [5, 5.41) is 24.8. The number of guanidine groups is 1. The van der Waals surface area contributed by atoms with Crippen LogP contribution >= 0.6 is 11.8 Å². The molecule has 1 saturated heterocycles. The molecule has 4 rings (SSSR count). The largest absolute Gasteiger partial charge is 0.487 e. The Hall–Kier alpha value is -7.36. The number of aliphatic imine (C=N–C) groups is 1. The molecule has 2 aliphatic rings. The molecule has 6 atom stereocenters. The maximum Gasteiger partial charge on any atom is 0.408 e. The van der Waals surface area contributed by atoms with Crippen molar-refractivity contribution in [2.75, 3.05) is 38.2 Å². The van der Waals surface area contributed by atoms with Gasteiger partial charge < -0.3 is 66.6 Å². The molecule has 7 amide bonds. The molecule has 2 aromatic carbocycles. The molecular weight excluding hydrogens is 1140 g/mol. The number of carboxylic acids is 1. The third-order valence-electron chi connectivity index (χ3n) is 13.6. The number of esters is 1. The van der Waals surface area contributed by atoms with E-state index in [4.69, 9.17) is 24.7 Å². The summed E-state index contributed by atoms with van der Waals surface area (Å²) in [5.74, 6) is -5.74. The fraction of sp³-hybridized carbons (Fsp3) is 0.614. The van der Waals surface area contributed by atoms with E-state index >= 15 is 0 Å². The molecule has 2 heterocycles. The molecule has 1 fully saturated rings. The van der Waals surface area contributed by atoms with Crippen LogP contribution < -0.4 is 47.1 Å². The number of carbonyl (C=O) groups is 9. The number of carboxylic acid groups (broad SMARTS) is 1. The van der Waals surface area contributed by atoms with Crippen molar-refractivity contribution in [3.63, 3.8) is 0 Å². The smallest absolute Gasteiger partial charge is 0.408 e. The first-order valence-electron chi connectivity index (χ1n) is 28.1. The van der Waals surface area contributed by atoms with Gasteiger partial charge in [-0.3, -0.25) is 29.0 Å². The number of aliphatic carboxylic acids is 1. The lowest BCUT2D eigenvalue weighted by atomic mass is 9.88. The summed E-state index contributed by atoms with van der Waals surface area (Å²) in [7, 11) is -4.28. The number of nitrogens with one attached hydrogen (secondary N) is 7. The van der Waals surface area contributed by atoms with Gasteiger partial charge in [-0.2, -0.15) is 11.8 Å².